The maximum atomic E-state index is 12.4. The van der Waals surface area contributed by atoms with E-state index in [0.29, 0.717) is 12.4 Å². The van der Waals surface area contributed by atoms with Gasteiger partial charge in [-0.2, -0.15) is 0 Å². The molecule has 0 bridgehead atoms. The van der Waals surface area contributed by atoms with Gasteiger partial charge in [-0.05, 0) is 37.3 Å². The molecule has 0 aliphatic heterocycles. The van der Waals surface area contributed by atoms with Crippen LogP contribution in [0.1, 0.15) is 46.3 Å². The highest BCUT2D eigenvalue weighted by molar-refractivity contribution is 7.14. The van der Waals surface area contributed by atoms with Crippen LogP contribution in [0, 0.1) is 0 Å². The minimum Gasteiger partial charge on any atom is -0.337 e. The lowest BCUT2D eigenvalue weighted by Crippen LogP contribution is -2.33. The van der Waals surface area contributed by atoms with Crippen molar-refractivity contribution in [1.29, 1.82) is 0 Å². The molecular formula is C14H20ClNOS. The predicted molar refractivity (Wildman–Crippen MR) is 77.9 cm³/mol. The van der Waals surface area contributed by atoms with Crippen LogP contribution in [-0.4, -0.2) is 29.8 Å². The maximum Gasteiger partial charge on any atom is 0.263 e. The Hall–Kier alpha value is -0.540. The third kappa shape index (κ3) is 3.07. The molecule has 1 aliphatic rings. The molecular weight excluding hydrogens is 266 g/mol. The van der Waals surface area contributed by atoms with Crippen molar-refractivity contribution in [3.05, 3.63) is 21.4 Å². The highest BCUT2D eigenvalue weighted by Crippen LogP contribution is 2.31. The standard InChI is InChI=1S/C14H20ClNOS/c1-2-3-8-16(9-7-15)14(17)13-10-11-5-4-6-12(11)18-13/h10H,2-9H2,1H3. The van der Waals surface area contributed by atoms with Gasteiger partial charge >= 0.3 is 0 Å². The van der Waals surface area contributed by atoms with E-state index in [1.807, 2.05) is 4.90 Å². The molecule has 0 radical (unpaired) electrons. The molecule has 0 spiro atoms. The number of amides is 1. The van der Waals surface area contributed by atoms with Crippen molar-refractivity contribution >= 4 is 28.8 Å². The molecule has 0 saturated carbocycles. The van der Waals surface area contributed by atoms with Crippen LogP contribution in [0.5, 0.6) is 0 Å². The smallest absolute Gasteiger partial charge is 0.263 e. The summed E-state index contributed by atoms with van der Waals surface area (Å²) in [4.78, 5) is 16.6. The third-order valence-electron chi connectivity index (χ3n) is 3.38. The van der Waals surface area contributed by atoms with E-state index in [-0.39, 0.29) is 5.91 Å². The first-order valence-electron chi connectivity index (χ1n) is 6.73. The topological polar surface area (TPSA) is 20.3 Å². The summed E-state index contributed by atoms with van der Waals surface area (Å²) in [5.41, 5.74) is 1.39. The Morgan fingerprint density at radius 2 is 2.28 bits per heavy atom. The molecule has 1 heterocycles. The molecule has 2 nitrogen and oxygen atoms in total. The third-order valence-corrected chi connectivity index (χ3v) is 4.77. The van der Waals surface area contributed by atoms with Gasteiger partial charge in [0.25, 0.3) is 5.91 Å². The highest BCUT2D eigenvalue weighted by Gasteiger charge is 2.21. The van der Waals surface area contributed by atoms with Crippen LogP contribution < -0.4 is 0 Å². The van der Waals surface area contributed by atoms with Gasteiger partial charge in [-0.25, -0.2) is 0 Å². The number of nitrogens with zero attached hydrogens (tertiary/aromatic N) is 1. The van der Waals surface area contributed by atoms with Gasteiger partial charge in [-0.1, -0.05) is 13.3 Å². The van der Waals surface area contributed by atoms with Gasteiger partial charge in [0.15, 0.2) is 0 Å². The summed E-state index contributed by atoms with van der Waals surface area (Å²) in [6.45, 7) is 3.62. The van der Waals surface area contributed by atoms with E-state index in [9.17, 15) is 4.79 Å². The number of carbonyl (C=O) groups is 1. The Morgan fingerprint density at radius 3 is 2.94 bits per heavy atom. The number of fused-ring (bicyclic) bond motifs is 1. The van der Waals surface area contributed by atoms with E-state index in [2.05, 4.69) is 13.0 Å². The first-order chi connectivity index (χ1) is 8.76. The van der Waals surface area contributed by atoms with E-state index in [0.717, 1.165) is 37.1 Å². The minimum atomic E-state index is 0.170. The zero-order chi connectivity index (χ0) is 13.0. The number of rotatable bonds is 6. The number of halogens is 1. The Bertz CT molecular complexity index is 394. The summed E-state index contributed by atoms with van der Waals surface area (Å²) in [6, 6.07) is 2.10. The second-order valence-electron chi connectivity index (χ2n) is 4.75. The Labute approximate surface area is 118 Å². The second kappa shape index (κ2) is 6.58. The normalized spacial score (nSPS) is 13.7. The van der Waals surface area contributed by atoms with Crippen LogP contribution in [0.15, 0.2) is 6.07 Å². The summed E-state index contributed by atoms with van der Waals surface area (Å²) in [7, 11) is 0. The molecule has 0 atom stereocenters. The predicted octanol–water partition coefficient (Wildman–Crippen LogP) is 3.72. The summed E-state index contributed by atoms with van der Waals surface area (Å²) in [6.07, 6.45) is 5.69. The first kappa shape index (κ1) is 13.9. The molecule has 1 aliphatic carbocycles. The number of unbranched alkanes of at least 4 members (excludes halogenated alkanes) is 1. The van der Waals surface area contributed by atoms with Gasteiger partial charge in [0.05, 0.1) is 4.88 Å². The van der Waals surface area contributed by atoms with E-state index >= 15 is 0 Å². The van der Waals surface area contributed by atoms with Gasteiger partial charge in [0, 0.05) is 23.8 Å². The van der Waals surface area contributed by atoms with Crippen LogP contribution in [0.2, 0.25) is 0 Å². The van der Waals surface area contributed by atoms with Gasteiger partial charge in [-0.3, -0.25) is 4.79 Å². The zero-order valence-corrected chi connectivity index (χ0v) is 12.4. The number of alkyl halides is 1. The lowest BCUT2D eigenvalue weighted by Gasteiger charge is -2.20. The van der Waals surface area contributed by atoms with Crippen LogP contribution in [-0.2, 0) is 12.8 Å². The fraction of sp³-hybridized carbons (Fsp3) is 0.643. The van der Waals surface area contributed by atoms with Gasteiger partial charge in [0.2, 0.25) is 0 Å². The van der Waals surface area contributed by atoms with E-state index in [1.165, 1.54) is 16.9 Å². The number of hydrogen-bond donors (Lipinski definition) is 0. The van der Waals surface area contributed by atoms with E-state index in [4.69, 9.17) is 11.6 Å². The maximum absolute atomic E-state index is 12.4. The molecule has 4 heteroatoms. The number of carbonyl (C=O) groups excluding carboxylic acids is 1. The highest BCUT2D eigenvalue weighted by atomic mass is 35.5. The molecule has 0 fully saturated rings. The first-order valence-corrected chi connectivity index (χ1v) is 8.08. The van der Waals surface area contributed by atoms with Gasteiger partial charge < -0.3 is 4.90 Å². The summed E-state index contributed by atoms with van der Waals surface area (Å²) in [5.74, 6) is 0.684. The number of aryl methyl sites for hydroxylation is 2. The Kier molecular flexibility index (Phi) is 5.07. The largest absolute Gasteiger partial charge is 0.337 e. The van der Waals surface area contributed by atoms with Crippen molar-refractivity contribution in [3.8, 4) is 0 Å². The second-order valence-corrected chi connectivity index (χ2v) is 6.26. The summed E-state index contributed by atoms with van der Waals surface area (Å²) < 4.78 is 0. The Morgan fingerprint density at radius 1 is 1.44 bits per heavy atom. The lowest BCUT2D eigenvalue weighted by molar-refractivity contribution is 0.0768. The Balaban J connectivity index is 2.06. The molecule has 18 heavy (non-hydrogen) atoms. The van der Waals surface area contributed by atoms with Crippen LogP contribution in [0.3, 0.4) is 0 Å². The molecule has 0 saturated heterocycles. The monoisotopic (exact) mass is 285 g/mol. The van der Waals surface area contributed by atoms with Crippen molar-refractivity contribution in [3.63, 3.8) is 0 Å². The van der Waals surface area contributed by atoms with Crippen LogP contribution in [0.25, 0.3) is 0 Å². The van der Waals surface area contributed by atoms with E-state index < -0.39 is 0 Å². The lowest BCUT2D eigenvalue weighted by atomic mass is 10.2. The molecule has 1 aromatic rings. The van der Waals surface area contributed by atoms with Gasteiger partial charge in [0.1, 0.15) is 0 Å². The van der Waals surface area contributed by atoms with Crippen molar-refractivity contribution < 1.29 is 4.79 Å². The average Bonchev–Trinajstić information content (AvgIpc) is 2.94. The minimum absolute atomic E-state index is 0.170. The van der Waals surface area contributed by atoms with E-state index in [1.54, 1.807) is 11.3 Å². The fourth-order valence-corrected chi connectivity index (χ4v) is 3.78. The molecule has 0 N–H and O–H groups in total. The molecule has 1 aromatic heterocycles. The van der Waals surface area contributed by atoms with Crippen molar-refractivity contribution in [1.82, 2.24) is 4.90 Å². The molecule has 2 rings (SSSR count). The van der Waals surface area contributed by atoms with Crippen molar-refractivity contribution in [2.24, 2.45) is 0 Å². The summed E-state index contributed by atoms with van der Waals surface area (Å²) in [5, 5.41) is 0. The molecule has 100 valence electrons. The number of hydrogen-bond acceptors (Lipinski definition) is 2. The molecule has 0 unspecified atom stereocenters. The van der Waals surface area contributed by atoms with Gasteiger partial charge in [-0.15, -0.1) is 22.9 Å². The average molecular weight is 286 g/mol. The zero-order valence-electron chi connectivity index (χ0n) is 10.9. The quantitative estimate of drug-likeness (QED) is 0.730. The van der Waals surface area contributed by atoms with Crippen LogP contribution >= 0.6 is 22.9 Å². The van der Waals surface area contributed by atoms with Crippen LogP contribution in [0.4, 0.5) is 0 Å². The molecule has 0 aromatic carbocycles. The van der Waals surface area contributed by atoms with Crippen molar-refractivity contribution in [2.45, 2.75) is 39.0 Å². The number of thiophene rings is 1. The summed E-state index contributed by atoms with van der Waals surface area (Å²) >= 11 is 7.47. The van der Waals surface area contributed by atoms with Crippen molar-refractivity contribution in [2.75, 3.05) is 19.0 Å². The SMILES string of the molecule is CCCCN(CCCl)C(=O)c1cc2c(s1)CCC2. The molecule has 1 amide bonds. The fourth-order valence-electron chi connectivity index (χ4n) is 2.36.